The molecule has 0 aliphatic carbocycles. The predicted octanol–water partition coefficient (Wildman–Crippen LogP) is 2.85. The number of non-ortho nitro benzene ring substituents is 1. The number of hydrogen-bond acceptors (Lipinski definition) is 8. The molecule has 1 N–H and O–H groups in total. The van der Waals surface area contributed by atoms with Gasteiger partial charge >= 0.3 is 0 Å². The minimum atomic E-state index is -4.22. The van der Waals surface area contributed by atoms with Gasteiger partial charge in [-0.05, 0) is 30.3 Å². The van der Waals surface area contributed by atoms with Crippen molar-refractivity contribution in [3.8, 4) is 0 Å². The Bertz CT molecular complexity index is 1340. The molecule has 34 heavy (non-hydrogen) atoms. The number of benzene rings is 3. The molecule has 3 aromatic carbocycles. The van der Waals surface area contributed by atoms with E-state index in [0.29, 0.717) is 0 Å². The van der Waals surface area contributed by atoms with Crippen LogP contribution in [0.4, 0.5) is 17.1 Å². The van der Waals surface area contributed by atoms with Crippen molar-refractivity contribution in [3.63, 3.8) is 0 Å². The van der Waals surface area contributed by atoms with Gasteiger partial charge in [-0.2, -0.15) is 5.10 Å². The Labute approximate surface area is 193 Å². The predicted molar refractivity (Wildman–Crippen MR) is 123 cm³/mol. The fourth-order valence-electron chi connectivity index (χ4n) is 2.88. The molecule has 0 bridgehead atoms. The number of rotatable bonds is 9. The highest BCUT2D eigenvalue weighted by molar-refractivity contribution is 7.92. The lowest BCUT2D eigenvalue weighted by Crippen LogP contribution is -2.39. The molecule has 3 aromatic rings. The molecule has 1 amide bonds. The van der Waals surface area contributed by atoms with Gasteiger partial charge in [-0.3, -0.25) is 29.3 Å². The second-order valence-electron chi connectivity index (χ2n) is 6.71. The van der Waals surface area contributed by atoms with Crippen LogP contribution in [0.25, 0.3) is 0 Å². The summed E-state index contributed by atoms with van der Waals surface area (Å²) >= 11 is 0. The van der Waals surface area contributed by atoms with Crippen LogP contribution < -0.4 is 9.73 Å². The molecule has 0 heterocycles. The van der Waals surface area contributed by atoms with Crippen LogP contribution in [0, 0.1) is 20.2 Å². The molecular weight excluding hydrogens is 466 g/mol. The van der Waals surface area contributed by atoms with Crippen LogP contribution in [0.5, 0.6) is 0 Å². The molecule has 0 unspecified atom stereocenters. The molecule has 0 spiro atoms. The van der Waals surface area contributed by atoms with Crippen LogP contribution in [0.3, 0.4) is 0 Å². The number of hydrogen-bond donors (Lipinski definition) is 1. The van der Waals surface area contributed by atoms with Crippen molar-refractivity contribution >= 4 is 39.2 Å². The van der Waals surface area contributed by atoms with Crippen LogP contribution in [0.15, 0.2) is 88.9 Å². The van der Waals surface area contributed by atoms with Crippen molar-refractivity contribution in [1.82, 2.24) is 5.43 Å². The van der Waals surface area contributed by atoms with E-state index in [1.807, 2.05) is 0 Å². The minimum Gasteiger partial charge on any atom is -0.271 e. The van der Waals surface area contributed by atoms with Crippen LogP contribution in [-0.2, 0) is 14.8 Å². The second-order valence-corrected chi connectivity index (χ2v) is 8.57. The average Bonchev–Trinajstić information content (AvgIpc) is 2.83. The first-order chi connectivity index (χ1) is 16.2. The summed E-state index contributed by atoms with van der Waals surface area (Å²) in [5.41, 5.74) is 1.83. The number of nitrogens with one attached hydrogen (secondary N) is 1. The van der Waals surface area contributed by atoms with Crippen molar-refractivity contribution < 1.29 is 23.1 Å². The summed E-state index contributed by atoms with van der Waals surface area (Å²) in [4.78, 5) is 33.2. The summed E-state index contributed by atoms with van der Waals surface area (Å²) in [5.74, 6) is -0.840. The molecule has 0 saturated carbocycles. The van der Waals surface area contributed by atoms with E-state index in [2.05, 4.69) is 10.5 Å². The first-order valence-corrected chi connectivity index (χ1v) is 11.0. The van der Waals surface area contributed by atoms with E-state index in [4.69, 9.17) is 0 Å². The van der Waals surface area contributed by atoms with Gasteiger partial charge in [0.25, 0.3) is 27.3 Å². The van der Waals surface area contributed by atoms with Crippen LogP contribution in [0.1, 0.15) is 5.56 Å². The van der Waals surface area contributed by atoms with E-state index >= 15 is 0 Å². The van der Waals surface area contributed by atoms with E-state index in [1.165, 1.54) is 54.6 Å². The molecule has 0 radical (unpaired) electrons. The summed E-state index contributed by atoms with van der Waals surface area (Å²) in [7, 11) is -4.22. The highest BCUT2D eigenvalue weighted by Crippen LogP contribution is 2.25. The fraction of sp³-hybridized carbons (Fsp3) is 0.0476. The van der Waals surface area contributed by atoms with Gasteiger partial charge in [-0.15, -0.1) is 0 Å². The van der Waals surface area contributed by atoms with Crippen LogP contribution >= 0.6 is 0 Å². The molecule has 0 fully saturated rings. The Morgan fingerprint density at radius 3 is 2.15 bits per heavy atom. The lowest BCUT2D eigenvalue weighted by Gasteiger charge is -2.23. The van der Waals surface area contributed by atoms with Crippen molar-refractivity contribution in [2.75, 3.05) is 10.8 Å². The summed E-state index contributed by atoms with van der Waals surface area (Å²) < 4.78 is 27.2. The molecule has 12 nitrogen and oxygen atoms in total. The smallest absolute Gasteiger partial charge is 0.271 e. The Morgan fingerprint density at radius 1 is 0.912 bits per heavy atom. The number of sulfonamides is 1. The Hall–Kier alpha value is -4.65. The van der Waals surface area contributed by atoms with Gasteiger partial charge in [-0.1, -0.05) is 30.3 Å². The van der Waals surface area contributed by atoms with E-state index in [0.717, 1.165) is 22.7 Å². The number of nitro benzene ring substituents is 2. The van der Waals surface area contributed by atoms with E-state index in [1.54, 1.807) is 12.1 Å². The molecule has 0 aliphatic heterocycles. The van der Waals surface area contributed by atoms with Crippen LogP contribution in [-0.4, -0.2) is 36.9 Å². The van der Waals surface area contributed by atoms with Crippen molar-refractivity contribution in [2.45, 2.75) is 4.90 Å². The Morgan fingerprint density at radius 2 is 1.53 bits per heavy atom. The topological polar surface area (TPSA) is 165 Å². The summed E-state index contributed by atoms with van der Waals surface area (Å²) in [6.07, 6.45) is 1.07. The molecule has 174 valence electrons. The van der Waals surface area contributed by atoms with Gasteiger partial charge in [0.15, 0.2) is 0 Å². The monoisotopic (exact) mass is 483 g/mol. The van der Waals surface area contributed by atoms with Gasteiger partial charge in [0.05, 0.1) is 32.2 Å². The summed E-state index contributed by atoms with van der Waals surface area (Å²) in [6, 6.07) is 17.7. The van der Waals surface area contributed by atoms with Crippen molar-refractivity contribution in [3.05, 3.63) is 105 Å². The largest absolute Gasteiger partial charge is 0.278 e. The maximum Gasteiger partial charge on any atom is 0.278 e. The highest BCUT2D eigenvalue weighted by Gasteiger charge is 2.27. The van der Waals surface area contributed by atoms with Gasteiger partial charge in [0.2, 0.25) is 0 Å². The average molecular weight is 483 g/mol. The first kappa shape index (κ1) is 24.0. The van der Waals surface area contributed by atoms with Gasteiger partial charge in [0, 0.05) is 18.2 Å². The number of nitrogens with zero attached hydrogens (tertiary/aromatic N) is 4. The molecule has 0 saturated heterocycles. The lowest BCUT2D eigenvalue weighted by atomic mass is 10.2. The maximum absolute atomic E-state index is 13.2. The zero-order chi connectivity index (χ0) is 24.7. The van der Waals surface area contributed by atoms with E-state index in [9.17, 15) is 33.4 Å². The number of hydrazone groups is 1. The Kier molecular flexibility index (Phi) is 7.28. The summed E-state index contributed by atoms with van der Waals surface area (Å²) in [5, 5.41) is 25.7. The normalized spacial score (nSPS) is 11.2. The molecule has 0 atom stereocenters. The number of carbonyl (C=O) groups excluding carboxylic acids is 1. The number of carbonyl (C=O) groups is 1. The van der Waals surface area contributed by atoms with Gasteiger partial charge in [-0.25, -0.2) is 13.8 Å². The molecule has 13 heteroatoms. The lowest BCUT2D eigenvalue weighted by molar-refractivity contribution is -0.385. The standard InChI is InChI=1S/C21H17N5O7S/c27-21(23-22-14-16-6-4-5-9-20(16)26(30)31)15-24(17-10-12-18(13-11-17)25(28)29)34(32,33)19-7-2-1-3-8-19/h1-14H,15H2,(H,23,27)/b22-14-. The zero-order valence-electron chi connectivity index (χ0n) is 17.3. The summed E-state index contributed by atoms with van der Waals surface area (Å²) in [6.45, 7) is -0.705. The van der Waals surface area contributed by atoms with Crippen molar-refractivity contribution in [1.29, 1.82) is 0 Å². The molecule has 0 aromatic heterocycles. The Balaban J connectivity index is 1.86. The molecule has 0 aliphatic rings. The fourth-order valence-corrected chi connectivity index (χ4v) is 4.32. The van der Waals surface area contributed by atoms with E-state index < -0.39 is 32.3 Å². The highest BCUT2D eigenvalue weighted by atomic mass is 32.2. The third kappa shape index (κ3) is 5.58. The third-order valence-electron chi connectivity index (χ3n) is 4.49. The number of para-hydroxylation sites is 1. The number of amides is 1. The van der Waals surface area contributed by atoms with Crippen LogP contribution in [0.2, 0.25) is 0 Å². The van der Waals surface area contributed by atoms with Gasteiger partial charge < -0.3 is 0 Å². The second kappa shape index (κ2) is 10.3. The third-order valence-corrected chi connectivity index (χ3v) is 6.28. The quantitative estimate of drug-likeness (QED) is 0.277. The van der Waals surface area contributed by atoms with Gasteiger partial charge in [0.1, 0.15) is 6.54 Å². The first-order valence-electron chi connectivity index (χ1n) is 9.57. The number of nitro groups is 2. The van der Waals surface area contributed by atoms with Crippen molar-refractivity contribution in [2.24, 2.45) is 5.10 Å². The zero-order valence-corrected chi connectivity index (χ0v) is 18.2. The molecule has 3 rings (SSSR count). The van der Waals surface area contributed by atoms with E-state index in [-0.39, 0.29) is 27.5 Å². The minimum absolute atomic E-state index is 0.0206. The number of anilines is 1. The molecular formula is C21H17N5O7S. The SMILES string of the molecule is O=C(CN(c1ccc([N+](=O)[O-])cc1)S(=O)(=O)c1ccccc1)N/N=C\c1ccccc1[N+](=O)[O-]. The maximum atomic E-state index is 13.2.